The largest absolute Gasteiger partial charge is 0.274 e. The number of hydrogen-bond donors (Lipinski definition) is 0. The molecule has 1 aliphatic rings. The van der Waals surface area contributed by atoms with Crippen LogP contribution >= 0.6 is 11.6 Å². The van der Waals surface area contributed by atoms with Gasteiger partial charge in [0.05, 0.1) is 5.69 Å². The summed E-state index contributed by atoms with van der Waals surface area (Å²) in [6.45, 7) is 1.40. The van der Waals surface area contributed by atoms with Crippen LogP contribution in [-0.2, 0) is 9.59 Å². The maximum Gasteiger partial charge on any atom is 0.236 e. The van der Waals surface area contributed by atoms with Crippen LogP contribution in [0.5, 0.6) is 0 Å². The number of carbonyl (C=O) groups excluding carboxylic acids is 2. The average molecular weight is 238 g/mol. The van der Waals surface area contributed by atoms with Gasteiger partial charge in [-0.05, 0) is 37.1 Å². The maximum atomic E-state index is 11.9. The molecule has 1 saturated carbocycles. The number of hydrogen-bond acceptors (Lipinski definition) is 2. The van der Waals surface area contributed by atoms with Gasteiger partial charge >= 0.3 is 0 Å². The first-order valence-electron chi connectivity index (χ1n) is 5.19. The molecule has 4 heteroatoms. The van der Waals surface area contributed by atoms with E-state index in [4.69, 9.17) is 11.6 Å². The molecule has 2 amide bonds. The molecule has 0 radical (unpaired) electrons. The van der Waals surface area contributed by atoms with E-state index in [9.17, 15) is 9.59 Å². The first kappa shape index (κ1) is 11.1. The molecule has 0 saturated heterocycles. The van der Waals surface area contributed by atoms with Crippen LogP contribution in [0.15, 0.2) is 24.3 Å². The Balaban J connectivity index is 2.28. The summed E-state index contributed by atoms with van der Waals surface area (Å²) in [6.07, 6.45) is 1.77. The lowest BCUT2D eigenvalue weighted by molar-refractivity contribution is -0.126. The van der Waals surface area contributed by atoms with E-state index in [-0.39, 0.29) is 17.7 Å². The molecular weight excluding hydrogens is 226 g/mol. The molecule has 16 heavy (non-hydrogen) atoms. The monoisotopic (exact) mass is 237 g/mol. The molecule has 1 aliphatic carbocycles. The van der Waals surface area contributed by atoms with E-state index < -0.39 is 0 Å². The standard InChI is InChI=1S/C12H12ClNO2/c1-8(15)14(12(16)9-2-3-9)11-6-4-10(13)5-7-11/h4-7,9H,2-3H2,1H3. The Morgan fingerprint density at radius 2 is 1.81 bits per heavy atom. The van der Waals surface area contributed by atoms with Crippen LogP contribution in [0.2, 0.25) is 5.02 Å². The lowest BCUT2D eigenvalue weighted by Crippen LogP contribution is -2.36. The van der Waals surface area contributed by atoms with Crippen molar-refractivity contribution in [2.24, 2.45) is 5.92 Å². The Morgan fingerprint density at radius 1 is 1.25 bits per heavy atom. The van der Waals surface area contributed by atoms with Crippen molar-refractivity contribution in [3.63, 3.8) is 0 Å². The van der Waals surface area contributed by atoms with Gasteiger partial charge in [-0.15, -0.1) is 0 Å². The normalized spacial score (nSPS) is 14.6. The third kappa shape index (κ3) is 2.25. The van der Waals surface area contributed by atoms with Crippen LogP contribution in [-0.4, -0.2) is 11.8 Å². The van der Waals surface area contributed by atoms with Crippen molar-refractivity contribution in [1.82, 2.24) is 0 Å². The molecule has 0 unspecified atom stereocenters. The third-order valence-electron chi connectivity index (χ3n) is 2.55. The number of anilines is 1. The molecular formula is C12H12ClNO2. The van der Waals surface area contributed by atoms with Crippen molar-refractivity contribution in [1.29, 1.82) is 0 Å². The van der Waals surface area contributed by atoms with Gasteiger partial charge in [-0.3, -0.25) is 14.5 Å². The van der Waals surface area contributed by atoms with Crippen LogP contribution in [0.4, 0.5) is 5.69 Å². The van der Waals surface area contributed by atoms with Crippen LogP contribution in [0.25, 0.3) is 0 Å². The zero-order chi connectivity index (χ0) is 11.7. The fraction of sp³-hybridized carbons (Fsp3) is 0.333. The summed E-state index contributed by atoms with van der Waals surface area (Å²) in [7, 11) is 0. The van der Waals surface area contributed by atoms with Gasteiger partial charge in [0.1, 0.15) is 0 Å². The third-order valence-corrected chi connectivity index (χ3v) is 2.80. The molecule has 0 heterocycles. The molecule has 1 aromatic carbocycles. The summed E-state index contributed by atoms with van der Waals surface area (Å²) < 4.78 is 0. The zero-order valence-electron chi connectivity index (χ0n) is 8.94. The van der Waals surface area contributed by atoms with Crippen molar-refractivity contribution in [3.8, 4) is 0 Å². The van der Waals surface area contributed by atoms with Crippen LogP contribution in [0.3, 0.4) is 0 Å². The van der Waals surface area contributed by atoms with Crippen LogP contribution < -0.4 is 4.90 Å². The number of imide groups is 1. The smallest absolute Gasteiger partial charge is 0.236 e. The molecule has 3 nitrogen and oxygen atoms in total. The van der Waals surface area contributed by atoms with E-state index in [1.54, 1.807) is 24.3 Å². The van der Waals surface area contributed by atoms with Gasteiger partial charge in [0.25, 0.3) is 0 Å². The predicted octanol–water partition coefficient (Wildman–Crippen LogP) is 2.63. The number of benzene rings is 1. The quantitative estimate of drug-likeness (QED) is 0.793. The summed E-state index contributed by atoms with van der Waals surface area (Å²) >= 11 is 5.76. The molecule has 0 aromatic heterocycles. The molecule has 2 rings (SSSR count). The highest BCUT2D eigenvalue weighted by atomic mass is 35.5. The Hall–Kier alpha value is -1.35. The van der Waals surface area contributed by atoms with E-state index in [1.807, 2.05) is 0 Å². The van der Waals surface area contributed by atoms with Gasteiger partial charge in [0, 0.05) is 17.9 Å². The van der Waals surface area contributed by atoms with E-state index >= 15 is 0 Å². The van der Waals surface area contributed by atoms with E-state index in [0.717, 1.165) is 12.8 Å². The molecule has 84 valence electrons. The molecule has 0 atom stereocenters. The molecule has 0 aliphatic heterocycles. The molecule has 0 spiro atoms. The van der Waals surface area contributed by atoms with E-state index in [2.05, 4.69) is 0 Å². The highest BCUT2D eigenvalue weighted by Gasteiger charge is 2.35. The van der Waals surface area contributed by atoms with Gasteiger partial charge in [-0.1, -0.05) is 11.6 Å². The summed E-state index contributed by atoms with van der Waals surface area (Å²) in [6, 6.07) is 6.72. The number of amides is 2. The van der Waals surface area contributed by atoms with Gasteiger partial charge in [-0.25, -0.2) is 0 Å². The minimum absolute atomic E-state index is 0.0274. The first-order chi connectivity index (χ1) is 7.59. The second-order valence-corrected chi connectivity index (χ2v) is 4.38. The molecule has 1 fully saturated rings. The minimum atomic E-state index is -0.251. The highest BCUT2D eigenvalue weighted by molar-refractivity contribution is 6.30. The summed E-state index contributed by atoms with van der Waals surface area (Å²) in [5, 5.41) is 0.589. The number of nitrogens with zero attached hydrogens (tertiary/aromatic N) is 1. The van der Waals surface area contributed by atoms with E-state index in [0.29, 0.717) is 10.7 Å². The number of rotatable bonds is 2. The Labute approximate surface area is 99.0 Å². The Kier molecular flexibility index (Phi) is 2.97. The second-order valence-electron chi connectivity index (χ2n) is 3.94. The van der Waals surface area contributed by atoms with Gasteiger partial charge in [0.15, 0.2) is 0 Å². The van der Waals surface area contributed by atoms with Crippen LogP contribution in [0, 0.1) is 5.92 Å². The van der Waals surface area contributed by atoms with Crippen molar-refractivity contribution in [2.45, 2.75) is 19.8 Å². The van der Waals surface area contributed by atoms with Gasteiger partial charge in [-0.2, -0.15) is 0 Å². The predicted molar refractivity (Wildman–Crippen MR) is 62.3 cm³/mol. The summed E-state index contributed by atoms with van der Waals surface area (Å²) in [5.74, 6) is -0.325. The molecule has 1 aromatic rings. The fourth-order valence-corrected chi connectivity index (χ4v) is 1.69. The average Bonchev–Trinajstić information content (AvgIpc) is 3.04. The van der Waals surface area contributed by atoms with E-state index in [1.165, 1.54) is 11.8 Å². The maximum absolute atomic E-state index is 11.9. The lowest BCUT2D eigenvalue weighted by atomic mass is 10.2. The number of carbonyl (C=O) groups is 2. The fourth-order valence-electron chi connectivity index (χ4n) is 1.57. The molecule has 0 N–H and O–H groups in total. The SMILES string of the molecule is CC(=O)N(C(=O)C1CC1)c1ccc(Cl)cc1. The van der Waals surface area contributed by atoms with Crippen molar-refractivity contribution < 1.29 is 9.59 Å². The van der Waals surface area contributed by atoms with Crippen molar-refractivity contribution in [3.05, 3.63) is 29.3 Å². The Bertz CT molecular complexity index is 423. The summed E-state index contributed by atoms with van der Waals surface area (Å²) in [5.41, 5.74) is 0.591. The highest BCUT2D eigenvalue weighted by Crippen LogP contribution is 2.33. The number of halogens is 1. The van der Waals surface area contributed by atoms with Crippen molar-refractivity contribution >= 4 is 29.1 Å². The second kappa shape index (κ2) is 4.26. The Morgan fingerprint density at radius 3 is 2.25 bits per heavy atom. The lowest BCUT2D eigenvalue weighted by Gasteiger charge is -2.18. The minimum Gasteiger partial charge on any atom is -0.274 e. The summed E-state index contributed by atoms with van der Waals surface area (Å²) in [4.78, 5) is 24.6. The first-order valence-corrected chi connectivity index (χ1v) is 5.57. The van der Waals surface area contributed by atoms with Gasteiger partial charge < -0.3 is 0 Å². The zero-order valence-corrected chi connectivity index (χ0v) is 9.70. The van der Waals surface area contributed by atoms with Crippen molar-refractivity contribution in [2.75, 3.05) is 4.90 Å². The van der Waals surface area contributed by atoms with Gasteiger partial charge in [0.2, 0.25) is 11.8 Å². The van der Waals surface area contributed by atoms with Crippen LogP contribution in [0.1, 0.15) is 19.8 Å². The molecule has 0 bridgehead atoms. The topological polar surface area (TPSA) is 37.4 Å².